The molecule has 0 aliphatic carbocycles. The molecule has 20 heavy (non-hydrogen) atoms. The smallest absolute Gasteiger partial charge is 0.212 e. The van der Waals surface area contributed by atoms with E-state index in [1.807, 2.05) is 20.8 Å². The second kappa shape index (κ2) is 5.88. The van der Waals surface area contributed by atoms with Crippen LogP contribution in [0.15, 0.2) is 18.2 Å². The fourth-order valence-electron chi connectivity index (χ4n) is 1.67. The Hall–Kier alpha value is -1.47. The number of halogens is 1. The van der Waals surface area contributed by atoms with Gasteiger partial charge in [0.05, 0.1) is 5.75 Å². The van der Waals surface area contributed by atoms with Crippen molar-refractivity contribution >= 4 is 15.9 Å². The summed E-state index contributed by atoms with van der Waals surface area (Å²) in [6, 6.07) is 4.03. The molecule has 0 aromatic heterocycles. The topological polar surface area (TPSA) is 96.0 Å². The molecule has 0 unspecified atom stereocenters. The third-order valence-corrected chi connectivity index (χ3v) is 4.30. The minimum Gasteiger partial charge on any atom is -0.384 e. The third-order valence-electron chi connectivity index (χ3n) is 2.47. The van der Waals surface area contributed by atoms with Crippen LogP contribution in [0.3, 0.4) is 0 Å². The van der Waals surface area contributed by atoms with Crippen molar-refractivity contribution in [1.29, 1.82) is 5.41 Å². The molecule has 5 nitrogen and oxygen atoms in total. The maximum absolute atomic E-state index is 13.7. The summed E-state index contributed by atoms with van der Waals surface area (Å²) >= 11 is 0. The lowest BCUT2D eigenvalue weighted by molar-refractivity contribution is 0.457. The van der Waals surface area contributed by atoms with Gasteiger partial charge in [-0.1, -0.05) is 32.9 Å². The molecular weight excluding hydrogens is 281 g/mol. The molecule has 1 rings (SSSR count). The molecule has 4 N–H and O–H groups in total. The van der Waals surface area contributed by atoms with E-state index in [9.17, 15) is 12.8 Å². The van der Waals surface area contributed by atoms with E-state index in [1.165, 1.54) is 12.1 Å². The zero-order valence-corrected chi connectivity index (χ0v) is 12.6. The van der Waals surface area contributed by atoms with Gasteiger partial charge in [-0.3, -0.25) is 5.41 Å². The minimum atomic E-state index is -3.46. The van der Waals surface area contributed by atoms with Crippen molar-refractivity contribution in [3.63, 3.8) is 0 Å². The minimum absolute atomic E-state index is 0.0346. The van der Waals surface area contributed by atoms with Gasteiger partial charge >= 0.3 is 0 Å². The largest absolute Gasteiger partial charge is 0.384 e. The van der Waals surface area contributed by atoms with Crippen LogP contribution in [0, 0.1) is 16.6 Å². The van der Waals surface area contributed by atoms with Gasteiger partial charge in [-0.2, -0.15) is 0 Å². The van der Waals surface area contributed by atoms with Crippen LogP contribution < -0.4 is 10.5 Å². The fraction of sp³-hybridized carbons (Fsp3) is 0.462. The van der Waals surface area contributed by atoms with Crippen LogP contribution in [0.2, 0.25) is 0 Å². The maximum Gasteiger partial charge on any atom is 0.212 e. The van der Waals surface area contributed by atoms with Gasteiger partial charge in [0.1, 0.15) is 11.7 Å². The average molecular weight is 301 g/mol. The summed E-state index contributed by atoms with van der Waals surface area (Å²) in [7, 11) is -3.46. The van der Waals surface area contributed by atoms with E-state index in [1.54, 1.807) is 0 Å². The highest BCUT2D eigenvalue weighted by Crippen LogP contribution is 2.16. The molecule has 0 spiro atoms. The summed E-state index contributed by atoms with van der Waals surface area (Å²) in [5.74, 6) is -0.854. The standard InChI is InChI=1S/C13H20FN3O2S/c1-13(2,3)8-20(18,19)17-7-10-5-4-9(12(15)16)6-11(10)14/h4-6,17H,7-8H2,1-3H3,(H3,15,16). The van der Waals surface area contributed by atoms with Crippen molar-refractivity contribution in [3.8, 4) is 0 Å². The van der Waals surface area contributed by atoms with Crippen LogP contribution >= 0.6 is 0 Å². The monoisotopic (exact) mass is 301 g/mol. The first-order chi connectivity index (χ1) is 9.00. The van der Waals surface area contributed by atoms with Crippen molar-refractivity contribution in [3.05, 3.63) is 35.1 Å². The molecular formula is C13H20FN3O2S. The third kappa shape index (κ3) is 5.26. The predicted octanol–water partition coefficient (Wildman–Crippen LogP) is 1.58. The molecule has 0 amide bonds. The first-order valence-corrected chi connectivity index (χ1v) is 7.75. The molecule has 0 saturated heterocycles. The summed E-state index contributed by atoms with van der Waals surface area (Å²) < 4.78 is 39.7. The number of hydrogen-bond acceptors (Lipinski definition) is 3. The van der Waals surface area contributed by atoms with E-state index in [0.717, 1.165) is 6.07 Å². The van der Waals surface area contributed by atoms with Gasteiger partial charge in [0.2, 0.25) is 10.0 Å². The molecule has 0 heterocycles. The summed E-state index contributed by atoms with van der Waals surface area (Å²) in [6.07, 6.45) is 0. The van der Waals surface area contributed by atoms with Crippen LogP contribution in [0.1, 0.15) is 31.9 Å². The van der Waals surface area contributed by atoms with Gasteiger partial charge < -0.3 is 5.73 Å². The van der Waals surface area contributed by atoms with Crippen molar-refractivity contribution < 1.29 is 12.8 Å². The normalized spacial score (nSPS) is 12.4. The highest BCUT2D eigenvalue weighted by molar-refractivity contribution is 7.89. The molecule has 7 heteroatoms. The summed E-state index contributed by atoms with van der Waals surface area (Å²) in [5, 5.41) is 7.20. The van der Waals surface area contributed by atoms with E-state index < -0.39 is 15.8 Å². The van der Waals surface area contributed by atoms with E-state index in [-0.39, 0.29) is 34.7 Å². The molecule has 0 bridgehead atoms. The molecule has 0 aliphatic heterocycles. The number of rotatable bonds is 5. The Labute approximate surface area is 118 Å². The van der Waals surface area contributed by atoms with Gasteiger partial charge in [0.25, 0.3) is 0 Å². The van der Waals surface area contributed by atoms with E-state index >= 15 is 0 Å². The summed E-state index contributed by atoms with van der Waals surface area (Å²) in [5.41, 5.74) is 5.36. The molecule has 1 aromatic carbocycles. The quantitative estimate of drug-likeness (QED) is 0.569. The molecule has 0 saturated carbocycles. The van der Waals surface area contributed by atoms with Crippen molar-refractivity contribution in [2.75, 3.05) is 5.75 Å². The highest BCUT2D eigenvalue weighted by atomic mass is 32.2. The second-order valence-corrected chi connectivity index (χ2v) is 7.67. The van der Waals surface area contributed by atoms with Crippen LogP contribution in [-0.4, -0.2) is 20.0 Å². The Morgan fingerprint density at radius 3 is 2.45 bits per heavy atom. The van der Waals surface area contributed by atoms with Crippen molar-refractivity contribution in [2.24, 2.45) is 11.1 Å². The Kier molecular flexibility index (Phi) is 4.88. The van der Waals surface area contributed by atoms with Gasteiger partial charge in [-0.05, 0) is 11.5 Å². The predicted molar refractivity (Wildman–Crippen MR) is 77.5 cm³/mol. The second-order valence-electron chi connectivity index (χ2n) is 5.86. The first kappa shape index (κ1) is 16.6. The van der Waals surface area contributed by atoms with Crippen LogP contribution in [-0.2, 0) is 16.6 Å². The average Bonchev–Trinajstić information content (AvgIpc) is 2.23. The van der Waals surface area contributed by atoms with E-state index in [0.29, 0.717) is 0 Å². The Morgan fingerprint density at radius 1 is 1.40 bits per heavy atom. The lowest BCUT2D eigenvalue weighted by atomic mass is 10.0. The number of nitrogens with two attached hydrogens (primary N) is 1. The van der Waals surface area contributed by atoms with Crippen LogP contribution in [0.25, 0.3) is 0 Å². The number of hydrogen-bond donors (Lipinski definition) is 3. The Morgan fingerprint density at radius 2 is 2.00 bits per heavy atom. The number of nitrogen functional groups attached to an aromatic ring is 1. The molecule has 1 aromatic rings. The van der Waals surface area contributed by atoms with Gasteiger partial charge in [-0.25, -0.2) is 17.5 Å². The Balaban J connectivity index is 2.78. The lowest BCUT2D eigenvalue weighted by Gasteiger charge is -2.18. The van der Waals surface area contributed by atoms with Gasteiger partial charge in [0.15, 0.2) is 0 Å². The number of benzene rings is 1. The number of amidine groups is 1. The summed E-state index contributed by atoms with van der Waals surface area (Å²) in [4.78, 5) is 0. The van der Waals surface area contributed by atoms with Gasteiger partial charge in [0, 0.05) is 17.7 Å². The maximum atomic E-state index is 13.7. The van der Waals surface area contributed by atoms with Crippen LogP contribution in [0.4, 0.5) is 4.39 Å². The van der Waals surface area contributed by atoms with Crippen molar-refractivity contribution in [1.82, 2.24) is 4.72 Å². The molecule has 0 atom stereocenters. The highest BCUT2D eigenvalue weighted by Gasteiger charge is 2.21. The van der Waals surface area contributed by atoms with E-state index in [4.69, 9.17) is 11.1 Å². The van der Waals surface area contributed by atoms with E-state index in [2.05, 4.69) is 4.72 Å². The molecule has 0 radical (unpaired) electrons. The lowest BCUT2D eigenvalue weighted by Crippen LogP contribution is -2.32. The summed E-state index contributed by atoms with van der Waals surface area (Å²) in [6.45, 7) is 5.32. The van der Waals surface area contributed by atoms with Crippen molar-refractivity contribution in [2.45, 2.75) is 27.3 Å². The Bertz CT molecular complexity index is 607. The first-order valence-electron chi connectivity index (χ1n) is 6.10. The number of nitrogens with one attached hydrogen (secondary N) is 2. The zero-order chi connectivity index (χ0) is 15.6. The molecule has 0 fully saturated rings. The van der Waals surface area contributed by atoms with Crippen LogP contribution in [0.5, 0.6) is 0 Å². The molecule has 0 aliphatic rings. The van der Waals surface area contributed by atoms with Gasteiger partial charge in [-0.15, -0.1) is 0 Å². The number of sulfonamides is 1. The molecule has 112 valence electrons. The zero-order valence-electron chi connectivity index (χ0n) is 11.8. The SMILES string of the molecule is CC(C)(C)CS(=O)(=O)NCc1ccc(C(=N)N)cc1F. The fourth-order valence-corrected chi connectivity index (χ4v) is 3.28.